The summed E-state index contributed by atoms with van der Waals surface area (Å²) in [6.45, 7) is 1.55. The quantitative estimate of drug-likeness (QED) is 0.730. The van der Waals surface area contributed by atoms with Gasteiger partial charge in [0.2, 0.25) is 0 Å². The number of carbonyl (C=O) groups excluding carboxylic acids is 1. The molecule has 2 aliphatic rings. The number of rotatable bonds is 1. The van der Waals surface area contributed by atoms with Crippen molar-refractivity contribution >= 4 is 15.9 Å². The average molecular weight is 244 g/mol. The molecule has 0 saturated carbocycles. The van der Waals surface area contributed by atoms with Gasteiger partial charge in [0, 0.05) is 18.5 Å². The van der Waals surface area contributed by atoms with E-state index >= 15 is 0 Å². The van der Waals surface area contributed by atoms with E-state index in [1.165, 1.54) is 17.9 Å². The first-order valence-corrected chi connectivity index (χ1v) is 7.25. The van der Waals surface area contributed by atoms with E-state index in [0.29, 0.717) is 0 Å². The molecule has 2 aliphatic heterocycles. The minimum absolute atomic E-state index is 0.00736. The van der Waals surface area contributed by atoms with Crippen molar-refractivity contribution in [2.24, 2.45) is 0 Å². The average Bonchev–Trinajstić information content (AvgIpc) is 2.59. The summed E-state index contributed by atoms with van der Waals surface area (Å²) in [6, 6.07) is -0.508. The zero-order valence-electron chi connectivity index (χ0n) is 9.05. The van der Waals surface area contributed by atoms with Crippen LogP contribution in [0.2, 0.25) is 0 Å². The van der Waals surface area contributed by atoms with Gasteiger partial charge in [-0.3, -0.25) is 0 Å². The minimum atomic E-state index is -3.09. The summed E-state index contributed by atoms with van der Waals surface area (Å²) in [5, 5.41) is 3.90. The van der Waals surface area contributed by atoms with Gasteiger partial charge < -0.3 is 10.2 Å². The van der Waals surface area contributed by atoms with Gasteiger partial charge in [0.1, 0.15) is 0 Å². The Hall–Kier alpha value is -1.04. The largest absolute Gasteiger partial charge is 0.331 e. The van der Waals surface area contributed by atoms with Crippen molar-refractivity contribution in [1.82, 2.24) is 10.2 Å². The molecule has 1 atom stereocenters. The number of amides is 2. The van der Waals surface area contributed by atoms with Crippen molar-refractivity contribution in [3.05, 3.63) is 11.5 Å². The topological polar surface area (TPSA) is 66.5 Å². The molecule has 16 heavy (non-hydrogen) atoms. The third-order valence-corrected chi connectivity index (χ3v) is 4.28. The monoisotopic (exact) mass is 244 g/mol. The predicted octanol–water partition coefficient (Wildman–Crippen LogP) is 0.493. The second kappa shape index (κ2) is 4.45. The summed E-state index contributed by atoms with van der Waals surface area (Å²) in [4.78, 5) is 13.5. The zero-order valence-corrected chi connectivity index (χ0v) is 9.87. The van der Waals surface area contributed by atoms with E-state index in [1.54, 1.807) is 4.90 Å². The molecule has 1 unspecified atom stereocenters. The van der Waals surface area contributed by atoms with Gasteiger partial charge in [-0.15, -0.1) is 0 Å². The second-order valence-corrected chi connectivity index (χ2v) is 6.19. The molecule has 0 aromatic carbocycles. The van der Waals surface area contributed by atoms with Crippen LogP contribution in [0.5, 0.6) is 0 Å². The Kier molecular flexibility index (Phi) is 3.18. The van der Waals surface area contributed by atoms with Crippen LogP contribution < -0.4 is 5.32 Å². The Balaban J connectivity index is 1.86. The number of carbonyl (C=O) groups is 1. The molecule has 90 valence electrons. The van der Waals surface area contributed by atoms with Gasteiger partial charge in [0.05, 0.1) is 11.8 Å². The van der Waals surface area contributed by atoms with Crippen LogP contribution in [-0.4, -0.2) is 44.2 Å². The van der Waals surface area contributed by atoms with Gasteiger partial charge >= 0.3 is 6.03 Å². The lowest BCUT2D eigenvalue weighted by molar-refractivity contribution is 0.185. The van der Waals surface area contributed by atoms with Crippen LogP contribution >= 0.6 is 0 Å². The fourth-order valence-corrected chi connectivity index (χ4v) is 3.25. The highest BCUT2D eigenvalue weighted by Crippen LogP contribution is 2.11. The van der Waals surface area contributed by atoms with Crippen LogP contribution in [-0.2, 0) is 9.84 Å². The van der Waals surface area contributed by atoms with Crippen LogP contribution in [0.15, 0.2) is 11.5 Å². The van der Waals surface area contributed by atoms with Crippen molar-refractivity contribution in [2.45, 2.75) is 25.3 Å². The number of urea groups is 1. The van der Waals surface area contributed by atoms with Gasteiger partial charge in [0.25, 0.3) is 0 Å². The number of nitrogens with one attached hydrogen (secondary N) is 1. The molecule has 1 fully saturated rings. The zero-order chi connectivity index (χ0) is 11.6. The summed E-state index contributed by atoms with van der Waals surface area (Å²) in [5.41, 5.74) is 0. The third kappa shape index (κ3) is 2.75. The third-order valence-electron chi connectivity index (χ3n) is 2.88. The Morgan fingerprint density at radius 1 is 1.25 bits per heavy atom. The minimum Gasteiger partial charge on any atom is -0.331 e. The van der Waals surface area contributed by atoms with Crippen molar-refractivity contribution in [2.75, 3.05) is 18.8 Å². The van der Waals surface area contributed by atoms with E-state index in [1.807, 2.05) is 0 Å². The van der Waals surface area contributed by atoms with Gasteiger partial charge in [-0.2, -0.15) is 0 Å². The first kappa shape index (κ1) is 11.4. The molecule has 0 aromatic heterocycles. The summed E-state index contributed by atoms with van der Waals surface area (Å²) < 4.78 is 22.3. The van der Waals surface area contributed by atoms with Crippen molar-refractivity contribution in [1.29, 1.82) is 0 Å². The lowest BCUT2D eigenvalue weighted by Gasteiger charge is -2.27. The molecule has 2 heterocycles. The molecule has 0 aliphatic carbocycles. The number of hydrogen-bond acceptors (Lipinski definition) is 3. The van der Waals surface area contributed by atoms with Crippen LogP contribution in [0.3, 0.4) is 0 Å². The molecule has 5 nitrogen and oxygen atoms in total. The highest BCUT2D eigenvalue weighted by Gasteiger charge is 2.25. The fraction of sp³-hybridized carbons (Fsp3) is 0.700. The van der Waals surface area contributed by atoms with E-state index < -0.39 is 9.84 Å². The van der Waals surface area contributed by atoms with Crippen LogP contribution in [0.25, 0.3) is 0 Å². The Bertz CT molecular complexity index is 396. The normalized spacial score (nSPS) is 28.0. The molecule has 0 radical (unpaired) electrons. The molecule has 6 heteroatoms. The number of sulfone groups is 1. The molecular formula is C10H16N2O3S. The summed E-state index contributed by atoms with van der Waals surface area (Å²) >= 11 is 0. The highest BCUT2D eigenvalue weighted by molar-refractivity contribution is 7.94. The first-order chi connectivity index (χ1) is 7.57. The van der Waals surface area contributed by atoms with Crippen molar-refractivity contribution in [3.8, 4) is 0 Å². The lowest BCUT2D eigenvalue weighted by Crippen LogP contribution is -2.47. The summed E-state index contributed by atoms with van der Waals surface area (Å²) in [5.74, 6) is -0.00736. The smallest absolute Gasteiger partial charge is 0.317 e. The highest BCUT2D eigenvalue weighted by atomic mass is 32.2. The van der Waals surface area contributed by atoms with Crippen molar-refractivity contribution in [3.63, 3.8) is 0 Å². The van der Waals surface area contributed by atoms with Gasteiger partial charge in [-0.1, -0.05) is 0 Å². The van der Waals surface area contributed by atoms with E-state index in [2.05, 4.69) is 5.32 Å². The molecule has 0 spiro atoms. The summed E-state index contributed by atoms with van der Waals surface area (Å²) in [6.07, 6.45) is 4.77. The van der Waals surface area contributed by atoms with Gasteiger partial charge in [-0.25, -0.2) is 13.2 Å². The van der Waals surface area contributed by atoms with Crippen molar-refractivity contribution < 1.29 is 13.2 Å². The van der Waals surface area contributed by atoms with Crippen LogP contribution in [0.1, 0.15) is 19.3 Å². The number of likely N-dealkylation sites (tertiary alicyclic amines) is 1. The van der Waals surface area contributed by atoms with E-state index in [9.17, 15) is 13.2 Å². The van der Waals surface area contributed by atoms with E-state index in [-0.39, 0.29) is 17.8 Å². The van der Waals surface area contributed by atoms with E-state index in [0.717, 1.165) is 25.9 Å². The Morgan fingerprint density at radius 3 is 2.50 bits per heavy atom. The second-order valence-electron chi connectivity index (χ2n) is 4.26. The Labute approximate surface area is 95.4 Å². The molecule has 0 aromatic rings. The molecule has 0 bridgehead atoms. The Morgan fingerprint density at radius 2 is 1.94 bits per heavy atom. The van der Waals surface area contributed by atoms with Crippen LogP contribution in [0.4, 0.5) is 4.79 Å². The summed E-state index contributed by atoms with van der Waals surface area (Å²) in [7, 11) is -3.09. The maximum Gasteiger partial charge on any atom is 0.317 e. The molecule has 2 rings (SSSR count). The maximum absolute atomic E-state index is 11.8. The fourth-order valence-electron chi connectivity index (χ4n) is 2.01. The molecule has 1 saturated heterocycles. The van der Waals surface area contributed by atoms with Gasteiger partial charge in [0.15, 0.2) is 9.84 Å². The number of hydrogen-bond donors (Lipinski definition) is 1. The van der Waals surface area contributed by atoms with E-state index in [4.69, 9.17) is 0 Å². The maximum atomic E-state index is 11.8. The van der Waals surface area contributed by atoms with Gasteiger partial charge in [-0.05, 0) is 25.3 Å². The SMILES string of the molecule is O=C(NC1C=CS(=O)(=O)C1)N1CCCCC1. The molecule has 2 amide bonds. The first-order valence-electron chi connectivity index (χ1n) is 5.53. The number of piperidine rings is 1. The predicted molar refractivity (Wildman–Crippen MR) is 60.7 cm³/mol. The standard InChI is InChI=1S/C10H16N2O3S/c13-10(12-5-2-1-3-6-12)11-9-4-7-16(14,15)8-9/h4,7,9H,1-3,5-6,8H2,(H,11,13). The number of nitrogens with zero attached hydrogens (tertiary/aromatic N) is 1. The molecular weight excluding hydrogens is 228 g/mol. The van der Waals surface area contributed by atoms with Crippen LogP contribution in [0, 0.1) is 0 Å². The lowest BCUT2D eigenvalue weighted by atomic mass is 10.1. The molecule has 1 N–H and O–H groups in total.